The van der Waals surface area contributed by atoms with Crippen molar-refractivity contribution in [3.05, 3.63) is 41.0 Å². The number of nitrogens with one attached hydrogen (secondary N) is 1. The van der Waals surface area contributed by atoms with Crippen LogP contribution >= 0.6 is 0 Å². The van der Waals surface area contributed by atoms with E-state index in [2.05, 4.69) is 41.4 Å². The van der Waals surface area contributed by atoms with Gasteiger partial charge in [-0.2, -0.15) is 4.98 Å². The van der Waals surface area contributed by atoms with Gasteiger partial charge in [-0.15, -0.1) is 0 Å². The third kappa shape index (κ3) is 2.21. The largest absolute Gasteiger partial charge is 0.377 e. The molecule has 1 N–H and O–H groups in total. The van der Waals surface area contributed by atoms with Crippen LogP contribution in [0.3, 0.4) is 0 Å². The molecule has 2 rings (SSSR count). The zero-order valence-corrected chi connectivity index (χ0v) is 9.74. The summed E-state index contributed by atoms with van der Waals surface area (Å²) in [6.45, 7) is 6.56. The fraction of sp³-hybridized carbons (Fsp3) is 0.333. The van der Waals surface area contributed by atoms with Gasteiger partial charge in [0.1, 0.15) is 0 Å². The number of anilines is 1. The molecule has 4 heteroatoms. The summed E-state index contributed by atoms with van der Waals surface area (Å²) in [4.78, 5) is 4.14. The summed E-state index contributed by atoms with van der Waals surface area (Å²) in [7, 11) is 0. The second kappa shape index (κ2) is 4.35. The van der Waals surface area contributed by atoms with Crippen LogP contribution in [0.15, 0.2) is 22.7 Å². The average Bonchev–Trinajstić information content (AvgIpc) is 2.67. The Bertz CT molecular complexity index is 491. The van der Waals surface area contributed by atoms with Crippen LogP contribution in [0.25, 0.3) is 0 Å². The molecule has 0 unspecified atom stereocenters. The number of benzene rings is 1. The van der Waals surface area contributed by atoms with Gasteiger partial charge in [0.05, 0.1) is 6.54 Å². The summed E-state index contributed by atoms with van der Waals surface area (Å²) in [6.07, 6.45) is 0. The minimum atomic E-state index is 0.585. The quantitative estimate of drug-likeness (QED) is 0.858. The first-order valence-corrected chi connectivity index (χ1v) is 5.26. The van der Waals surface area contributed by atoms with Crippen molar-refractivity contribution in [1.29, 1.82) is 0 Å². The van der Waals surface area contributed by atoms with Crippen LogP contribution in [0, 0.1) is 20.8 Å². The molecule has 1 heterocycles. The summed E-state index contributed by atoms with van der Waals surface area (Å²) < 4.78 is 4.91. The van der Waals surface area contributed by atoms with Crippen LogP contribution in [0.4, 0.5) is 5.69 Å². The molecule has 0 amide bonds. The molecule has 0 aliphatic carbocycles. The van der Waals surface area contributed by atoms with Gasteiger partial charge in [0.15, 0.2) is 5.82 Å². The van der Waals surface area contributed by atoms with Crippen LogP contribution in [-0.2, 0) is 6.54 Å². The fourth-order valence-corrected chi connectivity index (χ4v) is 1.53. The van der Waals surface area contributed by atoms with Crippen molar-refractivity contribution >= 4 is 5.69 Å². The molecule has 16 heavy (non-hydrogen) atoms. The minimum Gasteiger partial charge on any atom is -0.377 e. The second-order valence-electron chi connectivity index (χ2n) is 3.83. The van der Waals surface area contributed by atoms with Gasteiger partial charge < -0.3 is 9.84 Å². The zero-order chi connectivity index (χ0) is 11.5. The second-order valence-corrected chi connectivity index (χ2v) is 3.83. The van der Waals surface area contributed by atoms with Gasteiger partial charge in [0.2, 0.25) is 5.89 Å². The van der Waals surface area contributed by atoms with E-state index in [1.165, 1.54) is 11.1 Å². The molecule has 0 saturated heterocycles. The zero-order valence-electron chi connectivity index (χ0n) is 9.74. The predicted molar refractivity (Wildman–Crippen MR) is 62.3 cm³/mol. The molecule has 1 aromatic carbocycles. The maximum absolute atomic E-state index is 4.91. The normalized spacial score (nSPS) is 10.4. The average molecular weight is 217 g/mol. The molecule has 0 atom stereocenters. The number of aryl methyl sites for hydroxylation is 2. The molecule has 0 aliphatic rings. The van der Waals surface area contributed by atoms with Crippen LogP contribution in [-0.4, -0.2) is 10.1 Å². The Kier molecular flexibility index (Phi) is 2.90. The lowest BCUT2D eigenvalue weighted by molar-refractivity contribution is 0.388. The number of hydrogen-bond donors (Lipinski definition) is 1. The molecule has 1 aromatic heterocycles. The highest BCUT2D eigenvalue weighted by Gasteiger charge is 2.03. The Hall–Kier alpha value is -1.84. The summed E-state index contributed by atoms with van der Waals surface area (Å²) in [5, 5.41) is 7.13. The molecule has 2 aromatic rings. The third-order valence-electron chi connectivity index (χ3n) is 2.61. The van der Waals surface area contributed by atoms with Gasteiger partial charge in [-0.1, -0.05) is 17.3 Å². The van der Waals surface area contributed by atoms with Crippen molar-refractivity contribution in [2.24, 2.45) is 0 Å². The highest BCUT2D eigenvalue weighted by atomic mass is 16.5. The molecule has 0 spiro atoms. The molecule has 0 saturated carbocycles. The number of nitrogens with zero attached hydrogens (tertiary/aromatic N) is 2. The lowest BCUT2D eigenvalue weighted by Crippen LogP contribution is -2.03. The third-order valence-corrected chi connectivity index (χ3v) is 2.61. The smallest absolute Gasteiger partial charge is 0.223 e. The van der Waals surface area contributed by atoms with Gasteiger partial charge in [-0.25, -0.2) is 0 Å². The van der Waals surface area contributed by atoms with E-state index >= 15 is 0 Å². The van der Waals surface area contributed by atoms with Crippen LogP contribution in [0.5, 0.6) is 0 Å². The van der Waals surface area contributed by atoms with Crippen molar-refractivity contribution in [1.82, 2.24) is 10.1 Å². The number of aromatic nitrogens is 2. The van der Waals surface area contributed by atoms with Crippen molar-refractivity contribution in [3.63, 3.8) is 0 Å². The molecule has 0 radical (unpaired) electrons. The summed E-state index contributed by atoms with van der Waals surface area (Å²) >= 11 is 0. The molecule has 0 fully saturated rings. The van der Waals surface area contributed by atoms with Gasteiger partial charge >= 0.3 is 0 Å². The van der Waals surface area contributed by atoms with E-state index in [0.29, 0.717) is 18.3 Å². The Labute approximate surface area is 94.7 Å². The van der Waals surface area contributed by atoms with Crippen LogP contribution < -0.4 is 5.32 Å². The SMILES string of the molecule is Cc1nc(CNc2cccc(C)c2C)no1. The van der Waals surface area contributed by atoms with Gasteiger partial charge in [0, 0.05) is 12.6 Å². The molecule has 4 nitrogen and oxygen atoms in total. The lowest BCUT2D eigenvalue weighted by atomic mass is 10.1. The molecule has 84 valence electrons. The molecule has 0 bridgehead atoms. The first-order valence-electron chi connectivity index (χ1n) is 5.26. The Morgan fingerprint density at radius 2 is 2.06 bits per heavy atom. The highest BCUT2D eigenvalue weighted by molar-refractivity contribution is 5.53. The van der Waals surface area contributed by atoms with E-state index in [1.807, 2.05) is 6.07 Å². The fourth-order valence-electron chi connectivity index (χ4n) is 1.53. The summed E-state index contributed by atoms with van der Waals surface area (Å²) in [6, 6.07) is 6.18. The van der Waals surface area contributed by atoms with Crippen molar-refractivity contribution < 1.29 is 4.52 Å². The van der Waals surface area contributed by atoms with E-state index in [0.717, 1.165) is 5.69 Å². The summed E-state index contributed by atoms with van der Waals surface area (Å²) in [5.41, 5.74) is 3.64. The maximum atomic E-state index is 4.91. The first kappa shape index (κ1) is 10.7. The van der Waals surface area contributed by atoms with Gasteiger partial charge in [-0.05, 0) is 31.0 Å². The monoisotopic (exact) mass is 217 g/mol. The Balaban J connectivity index is 2.07. The van der Waals surface area contributed by atoms with Crippen LogP contribution in [0.2, 0.25) is 0 Å². The van der Waals surface area contributed by atoms with E-state index in [4.69, 9.17) is 4.52 Å². The van der Waals surface area contributed by atoms with Crippen molar-refractivity contribution in [2.45, 2.75) is 27.3 Å². The van der Waals surface area contributed by atoms with E-state index < -0.39 is 0 Å². The Morgan fingerprint density at radius 3 is 2.75 bits per heavy atom. The summed E-state index contributed by atoms with van der Waals surface area (Å²) in [5.74, 6) is 1.27. The van der Waals surface area contributed by atoms with Crippen LogP contribution in [0.1, 0.15) is 22.8 Å². The first-order chi connectivity index (χ1) is 7.66. The molecular formula is C12H15N3O. The van der Waals surface area contributed by atoms with Crippen molar-refractivity contribution in [3.8, 4) is 0 Å². The topological polar surface area (TPSA) is 51.0 Å². The lowest BCUT2D eigenvalue weighted by Gasteiger charge is -2.09. The highest BCUT2D eigenvalue weighted by Crippen LogP contribution is 2.18. The Morgan fingerprint density at radius 1 is 1.25 bits per heavy atom. The predicted octanol–water partition coefficient (Wildman–Crippen LogP) is 2.61. The number of rotatable bonds is 3. The van der Waals surface area contributed by atoms with E-state index in [9.17, 15) is 0 Å². The van der Waals surface area contributed by atoms with Crippen molar-refractivity contribution in [2.75, 3.05) is 5.32 Å². The van der Waals surface area contributed by atoms with E-state index in [1.54, 1.807) is 6.92 Å². The molecule has 0 aliphatic heterocycles. The number of hydrogen-bond acceptors (Lipinski definition) is 4. The standard InChI is InChI=1S/C12H15N3O/c1-8-5-4-6-11(9(8)2)13-7-12-14-10(3)16-15-12/h4-6,13H,7H2,1-3H3. The molecular weight excluding hydrogens is 202 g/mol. The maximum Gasteiger partial charge on any atom is 0.223 e. The minimum absolute atomic E-state index is 0.585. The van der Waals surface area contributed by atoms with Gasteiger partial charge in [0.25, 0.3) is 0 Å². The van der Waals surface area contributed by atoms with Gasteiger partial charge in [-0.3, -0.25) is 0 Å². The van der Waals surface area contributed by atoms with E-state index in [-0.39, 0.29) is 0 Å².